The van der Waals surface area contributed by atoms with Crippen molar-refractivity contribution in [2.24, 2.45) is 0 Å². The van der Waals surface area contributed by atoms with Crippen LogP contribution in [0.3, 0.4) is 0 Å². The first-order valence-corrected chi connectivity index (χ1v) is 8.99. The van der Waals surface area contributed by atoms with E-state index >= 15 is 0 Å². The molecule has 0 saturated heterocycles. The lowest BCUT2D eigenvalue weighted by molar-refractivity contribution is -0.116. The second-order valence-corrected chi connectivity index (χ2v) is 7.14. The van der Waals surface area contributed by atoms with Crippen molar-refractivity contribution in [2.45, 2.75) is 39.5 Å². The number of nitrogens with one attached hydrogen (secondary N) is 1. The third kappa shape index (κ3) is 4.94. The molecule has 0 bridgehead atoms. The maximum absolute atomic E-state index is 12.4. The zero-order valence-corrected chi connectivity index (χ0v) is 16.3. The van der Waals surface area contributed by atoms with Gasteiger partial charge in [-0.05, 0) is 48.1 Å². The molecule has 0 unspecified atom stereocenters. The molecular weight excluding hydrogens is 324 g/mol. The molecule has 2 aromatic carbocycles. The second-order valence-electron chi connectivity index (χ2n) is 7.14. The van der Waals surface area contributed by atoms with Crippen LogP contribution in [0.4, 0.5) is 5.69 Å². The van der Waals surface area contributed by atoms with Gasteiger partial charge in [0, 0.05) is 31.8 Å². The third-order valence-electron chi connectivity index (χ3n) is 4.44. The van der Waals surface area contributed by atoms with Crippen LogP contribution in [0.2, 0.25) is 0 Å². The molecule has 2 rings (SSSR count). The average molecular weight is 352 g/mol. The highest BCUT2D eigenvalue weighted by molar-refractivity contribution is 5.94. The lowest BCUT2D eigenvalue weighted by Gasteiger charge is -2.16. The van der Waals surface area contributed by atoms with Crippen LogP contribution in [0.5, 0.6) is 0 Å². The standard InChI is InChI=1S/C22H28N2O2/c1-15(2)19-8-6-7-16(3)21(19)23-20(25)14-11-17-9-12-18(13-10-17)22(26)24(4)5/h6-10,12-13,15H,11,14H2,1-5H3,(H,23,25). The Morgan fingerprint density at radius 3 is 2.27 bits per heavy atom. The quantitative estimate of drug-likeness (QED) is 0.838. The van der Waals surface area contributed by atoms with Crippen molar-refractivity contribution in [2.75, 3.05) is 19.4 Å². The normalized spacial score (nSPS) is 10.7. The molecule has 2 amide bonds. The number of amides is 2. The molecule has 0 spiro atoms. The highest BCUT2D eigenvalue weighted by Crippen LogP contribution is 2.27. The van der Waals surface area contributed by atoms with Crippen molar-refractivity contribution in [1.82, 2.24) is 4.90 Å². The van der Waals surface area contributed by atoms with E-state index in [2.05, 4.69) is 25.2 Å². The topological polar surface area (TPSA) is 49.4 Å². The van der Waals surface area contributed by atoms with Crippen LogP contribution in [0, 0.1) is 6.92 Å². The molecule has 26 heavy (non-hydrogen) atoms. The minimum absolute atomic E-state index is 0.00893. The van der Waals surface area contributed by atoms with Crippen LogP contribution in [-0.4, -0.2) is 30.8 Å². The van der Waals surface area contributed by atoms with Crippen molar-refractivity contribution in [3.8, 4) is 0 Å². The first-order chi connectivity index (χ1) is 12.3. The molecule has 0 fully saturated rings. The SMILES string of the molecule is Cc1cccc(C(C)C)c1NC(=O)CCc1ccc(C(=O)N(C)C)cc1. The van der Waals surface area contributed by atoms with E-state index in [1.165, 1.54) is 0 Å². The number of para-hydroxylation sites is 1. The number of hydrogen-bond donors (Lipinski definition) is 1. The van der Waals surface area contributed by atoms with Gasteiger partial charge in [-0.3, -0.25) is 9.59 Å². The highest BCUT2D eigenvalue weighted by Gasteiger charge is 2.12. The van der Waals surface area contributed by atoms with Gasteiger partial charge >= 0.3 is 0 Å². The fraction of sp³-hybridized carbons (Fsp3) is 0.364. The van der Waals surface area contributed by atoms with Gasteiger partial charge in [0.05, 0.1) is 0 Å². The molecule has 0 heterocycles. The van der Waals surface area contributed by atoms with E-state index in [0.29, 0.717) is 24.3 Å². The van der Waals surface area contributed by atoms with Crippen molar-refractivity contribution >= 4 is 17.5 Å². The number of carbonyl (C=O) groups excluding carboxylic acids is 2. The van der Waals surface area contributed by atoms with Crippen LogP contribution in [0.25, 0.3) is 0 Å². The summed E-state index contributed by atoms with van der Waals surface area (Å²) >= 11 is 0. The van der Waals surface area contributed by atoms with E-state index in [0.717, 1.165) is 22.4 Å². The third-order valence-corrected chi connectivity index (χ3v) is 4.44. The Morgan fingerprint density at radius 2 is 1.69 bits per heavy atom. The molecule has 0 aliphatic carbocycles. The predicted molar refractivity (Wildman–Crippen MR) is 107 cm³/mol. The molecule has 0 radical (unpaired) electrons. The summed E-state index contributed by atoms with van der Waals surface area (Å²) in [7, 11) is 3.47. The summed E-state index contributed by atoms with van der Waals surface area (Å²) in [6.07, 6.45) is 1.05. The number of anilines is 1. The fourth-order valence-corrected chi connectivity index (χ4v) is 2.87. The lowest BCUT2D eigenvalue weighted by Crippen LogP contribution is -2.21. The summed E-state index contributed by atoms with van der Waals surface area (Å²) < 4.78 is 0. The van der Waals surface area contributed by atoms with Crippen LogP contribution in [0.1, 0.15) is 53.2 Å². The van der Waals surface area contributed by atoms with E-state index in [9.17, 15) is 9.59 Å². The van der Waals surface area contributed by atoms with Gasteiger partial charge < -0.3 is 10.2 Å². The van der Waals surface area contributed by atoms with Gasteiger partial charge in [0.25, 0.3) is 5.91 Å². The first-order valence-electron chi connectivity index (χ1n) is 8.99. The monoisotopic (exact) mass is 352 g/mol. The van der Waals surface area contributed by atoms with Crippen molar-refractivity contribution in [1.29, 1.82) is 0 Å². The van der Waals surface area contributed by atoms with Crippen molar-refractivity contribution in [3.05, 3.63) is 64.7 Å². The lowest BCUT2D eigenvalue weighted by atomic mass is 9.98. The number of hydrogen-bond acceptors (Lipinski definition) is 2. The molecule has 0 aromatic heterocycles. The van der Waals surface area contributed by atoms with Crippen LogP contribution in [0.15, 0.2) is 42.5 Å². The molecule has 0 aliphatic heterocycles. The number of rotatable bonds is 6. The Morgan fingerprint density at radius 1 is 1.04 bits per heavy atom. The van der Waals surface area contributed by atoms with E-state index in [-0.39, 0.29) is 11.8 Å². The maximum Gasteiger partial charge on any atom is 0.253 e. The van der Waals surface area contributed by atoms with Gasteiger partial charge in [0.1, 0.15) is 0 Å². The summed E-state index contributed by atoms with van der Waals surface area (Å²) in [5.74, 6) is 0.344. The van der Waals surface area contributed by atoms with Gasteiger partial charge in [0.2, 0.25) is 5.91 Å². The largest absolute Gasteiger partial charge is 0.345 e. The van der Waals surface area contributed by atoms with Crippen LogP contribution >= 0.6 is 0 Å². The summed E-state index contributed by atoms with van der Waals surface area (Å²) in [5.41, 5.74) is 4.87. The van der Waals surface area contributed by atoms with Crippen molar-refractivity contribution in [3.63, 3.8) is 0 Å². The summed E-state index contributed by atoms with van der Waals surface area (Å²) in [4.78, 5) is 25.9. The zero-order valence-electron chi connectivity index (χ0n) is 16.3. The molecule has 4 heteroatoms. The molecule has 138 valence electrons. The Kier molecular flexibility index (Phi) is 6.56. The summed E-state index contributed by atoms with van der Waals surface area (Å²) in [6.45, 7) is 6.27. The van der Waals surface area contributed by atoms with Gasteiger partial charge in [-0.1, -0.05) is 44.2 Å². The van der Waals surface area contributed by atoms with Gasteiger partial charge in [0.15, 0.2) is 0 Å². The molecule has 1 N–H and O–H groups in total. The molecule has 2 aromatic rings. The van der Waals surface area contributed by atoms with Gasteiger partial charge in [-0.2, -0.15) is 0 Å². The Hall–Kier alpha value is -2.62. The average Bonchev–Trinajstić information content (AvgIpc) is 2.61. The van der Waals surface area contributed by atoms with Gasteiger partial charge in [-0.15, -0.1) is 0 Å². The van der Waals surface area contributed by atoms with E-state index in [4.69, 9.17) is 0 Å². The predicted octanol–water partition coefficient (Wildman–Crippen LogP) is 4.39. The molecule has 0 aliphatic rings. The zero-order chi connectivity index (χ0) is 19.3. The maximum atomic E-state index is 12.4. The number of carbonyl (C=O) groups is 2. The van der Waals surface area contributed by atoms with Gasteiger partial charge in [-0.25, -0.2) is 0 Å². The summed E-state index contributed by atoms with van der Waals surface area (Å²) in [6, 6.07) is 13.6. The van der Waals surface area contributed by atoms with E-state index in [1.807, 2.05) is 43.3 Å². The molecule has 0 saturated carbocycles. The smallest absolute Gasteiger partial charge is 0.253 e. The second kappa shape index (κ2) is 8.65. The molecule has 4 nitrogen and oxygen atoms in total. The first kappa shape index (κ1) is 19.7. The van der Waals surface area contributed by atoms with Crippen LogP contribution < -0.4 is 5.32 Å². The number of benzene rings is 2. The number of nitrogens with zero attached hydrogens (tertiary/aromatic N) is 1. The Balaban J connectivity index is 1.99. The van der Waals surface area contributed by atoms with E-state index in [1.54, 1.807) is 19.0 Å². The molecular formula is C22H28N2O2. The van der Waals surface area contributed by atoms with Crippen LogP contribution in [-0.2, 0) is 11.2 Å². The van der Waals surface area contributed by atoms with E-state index < -0.39 is 0 Å². The Bertz CT molecular complexity index is 777. The molecule has 0 atom stereocenters. The van der Waals surface area contributed by atoms with Crippen molar-refractivity contribution < 1.29 is 9.59 Å². The summed E-state index contributed by atoms with van der Waals surface area (Å²) in [5, 5.41) is 3.08. The fourth-order valence-electron chi connectivity index (χ4n) is 2.87. The minimum Gasteiger partial charge on any atom is -0.345 e. The minimum atomic E-state index is -0.0185. The Labute approximate surface area is 156 Å². The highest BCUT2D eigenvalue weighted by atomic mass is 16.2. The number of aryl methyl sites for hydroxylation is 2.